The summed E-state index contributed by atoms with van der Waals surface area (Å²) in [4.78, 5) is 37.9. The molecule has 2 aromatic rings. The third-order valence-electron chi connectivity index (χ3n) is 5.76. The molecule has 7 nitrogen and oxygen atoms in total. The van der Waals surface area contributed by atoms with Crippen LogP contribution in [0.15, 0.2) is 42.5 Å². The van der Waals surface area contributed by atoms with E-state index in [1.165, 1.54) is 6.07 Å². The van der Waals surface area contributed by atoms with Gasteiger partial charge in [0, 0.05) is 31.1 Å². The van der Waals surface area contributed by atoms with Crippen molar-refractivity contribution in [1.82, 2.24) is 10.2 Å². The minimum Gasteiger partial charge on any atom is -0.369 e. The van der Waals surface area contributed by atoms with Crippen LogP contribution in [0.5, 0.6) is 0 Å². The molecule has 0 spiro atoms. The van der Waals surface area contributed by atoms with Gasteiger partial charge in [-0.3, -0.25) is 14.4 Å². The number of hydrogen-bond donors (Lipinski definition) is 3. The molecule has 9 heteroatoms. The zero-order valence-corrected chi connectivity index (χ0v) is 19.0. The quantitative estimate of drug-likeness (QED) is 0.519. The van der Waals surface area contributed by atoms with Gasteiger partial charge in [-0.25, -0.2) is 4.39 Å². The molecule has 1 fully saturated rings. The molecule has 0 aromatic heterocycles. The van der Waals surface area contributed by atoms with Crippen LogP contribution in [0.3, 0.4) is 0 Å². The summed E-state index contributed by atoms with van der Waals surface area (Å²) in [6, 6.07) is 11.2. The highest BCUT2D eigenvalue weighted by Gasteiger charge is 2.22. The normalized spacial score (nSPS) is 14.6. The number of piperidine rings is 1. The van der Waals surface area contributed by atoms with E-state index < -0.39 is 11.7 Å². The zero-order valence-electron chi connectivity index (χ0n) is 18.3. The minimum absolute atomic E-state index is 0.00169. The Balaban J connectivity index is 1.36. The average Bonchev–Trinajstić information content (AvgIpc) is 2.78. The first-order chi connectivity index (χ1) is 15.8. The van der Waals surface area contributed by atoms with Crippen molar-refractivity contribution in [3.05, 3.63) is 64.4 Å². The van der Waals surface area contributed by atoms with Gasteiger partial charge in [0.05, 0.1) is 10.6 Å². The van der Waals surface area contributed by atoms with Gasteiger partial charge < -0.3 is 21.3 Å². The molecule has 0 atom stereocenters. The first-order valence-corrected chi connectivity index (χ1v) is 11.3. The summed E-state index contributed by atoms with van der Waals surface area (Å²) >= 11 is 5.87. The zero-order chi connectivity index (χ0) is 23.8. The van der Waals surface area contributed by atoms with Crippen molar-refractivity contribution < 1.29 is 18.8 Å². The van der Waals surface area contributed by atoms with E-state index in [9.17, 15) is 18.8 Å². The van der Waals surface area contributed by atoms with Crippen LogP contribution in [0.25, 0.3) is 0 Å². The summed E-state index contributed by atoms with van der Waals surface area (Å²) in [5, 5.41) is 5.43. The van der Waals surface area contributed by atoms with Crippen molar-refractivity contribution in [3.63, 3.8) is 0 Å². The van der Waals surface area contributed by atoms with E-state index in [4.69, 9.17) is 17.3 Å². The van der Waals surface area contributed by atoms with Gasteiger partial charge in [0.25, 0.3) is 5.91 Å². The van der Waals surface area contributed by atoms with E-state index in [2.05, 4.69) is 15.5 Å². The lowest BCUT2D eigenvalue weighted by atomic mass is 9.96. The van der Waals surface area contributed by atoms with Gasteiger partial charge in [0.1, 0.15) is 5.82 Å². The van der Waals surface area contributed by atoms with Crippen LogP contribution in [-0.2, 0) is 16.0 Å². The molecule has 0 radical (unpaired) electrons. The molecule has 2 aromatic carbocycles. The Bertz CT molecular complexity index is 992. The predicted octanol–water partition coefficient (Wildman–Crippen LogP) is 2.98. The summed E-state index contributed by atoms with van der Waals surface area (Å²) in [6.45, 7) is 2.80. The van der Waals surface area contributed by atoms with Gasteiger partial charge in [0.2, 0.25) is 11.8 Å². The average molecular weight is 475 g/mol. The number of carbonyl (C=O) groups excluding carboxylic acids is 3. The molecule has 3 amide bonds. The number of benzene rings is 2. The first kappa shape index (κ1) is 24.7. The Kier molecular flexibility index (Phi) is 8.79. The van der Waals surface area contributed by atoms with Crippen LogP contribution < -0.4 is 16.4 Å². The van der Waals surface area contributed by atoms with E-state index in [1.54, 1.807) is 0 Å². The van der Waals surface area contributed by atoms with Gasteiger partial charge in [-0.15, -0.1) is 0 Å². The fraction of sp³-hybridized carbons (Fsp3) is 0.375. The van der Waals surface area contributed by atoms with Crippen molar-refractivity contribution in [1.29, 1.82) is 0 Å². The Morgan fingerprint density at radius 3 is 2.42 bits per heavy atom. The summed E-state index contributed by atoms with van der Waals surface area (Å²) in [7, 11) is 0. The van der Waals surface area contributed by atoms with E-state index >= 15 is 0 Å². The number of anilines is 1. The van der Waals surface area contributed by atoms with E-state index in [-0.39, 0.29) is 41.3 Å². The highest BCUT2D eigenvalue weighted by atomic mass is 35.5. The fourth-order valence-corrected chi connectivity index (χ4v) is 4.02. The van der Waals surface area contributed by atoms with Gasteiger partial charge in [-0.1, -0.05) is 23.7 Å². The number of carbonyl (C=O) groups is 3. The maximum atomic E-state index is 13.1. The van der Waals surface area contributed by atoms with Crippen molar-refractivity contribution in [3.8, 4) is 0 Å². The second-order valence-corrected chi connectivity index (χ2v) is 8.55. The molecular weight excluding hydrogens is 447 g/mol. The van der Waals surface area contributed by atoms with Crippen molar-refractivity contribution in [2.75, 3.05) is 31.5 Å². The molecule has 0 unspecified atom stereocenters. The SMILES string of the molecule is NC(=O)C1CCN(CCc2ccc(NC(=O)CCNC(=O)c3ccc(F)cc3Cl)cc2)CC1. The number of nitrogens with one attached hydrogen (secondary N) is 2. The molecule has 1 aliphatic heterocycles. The second-order valence-electron chi connectivity index (χ2n) is 8.14. The number of primary amides is 1. The van der Waals surface area contributed by atoms with E-state index in [1.807, 2.05) is 24.3 Å². The Hall–Kier alpha value is -2.97. The summed E-state index contributed by atoms with van der Waals surface area (Å²) in [5.74, 6) is -1.42. The fourth-order valence-electron chi connectivity index (χ4n) is 3.76. The highest BCUT2D eigenvalue weighted by Crippen LogP contribution is 2.18. The number of amides is 3. The first-order valence-electron chi connectivity index (χ1n) is 11.0. The topological polar surface area (TPSA) is 105 Å². The van der Waals surface area contributed by atoms with E-state index in [0.717, 1.165) is 56.6 Å². The summed E-state index contributed by atoms with van der Waals surface area (Å²) < 4.78 is 13.1. The lowest BCUT2D eigenvalue weighted by molar-refractivity contribution is -0.123. The molecule has 176 valence electrons. The molecule has 3 rings (SSSR count). The van der Waals surface area contributed by atoms with Crippen LogP contribution >= 0.6 is 11.6 Å². The predicted molar refractivity (Wildman–Crippen MR) is 125 cm³/mol. The van der Waals surface area contributed by atoms with Crippen LogP contribution in [0.2, 0.25) is 5.02 Å². The van der Waals surface area contributed by atoms with Crippen molar-refractivity contribution in [2.24, 2.45) is 11.7 Å². The van der Waals surface area contributed by atoms with Gasteiger partial charge in [0.15, 0.2) is 0 Å². The number of nitrogens with two attached hydrogens (primary N) is 1. The molecule has 4 N–H and O–H groups in total. The van der Waals surface area contributed by atoms with Crippen LogP contribution in [0.1, 0.15) is 35.2 Å². The summed E-state index contributed by atoms with van der Waals surface area (Å²) in [6.07, 6.45) is 2.61. The Labute approximate surface area is 197 Å². The lowest BCUT2D eigenvalue weighted by Crippen LogP contribution is -2.39. The van der Waals surface area contributed by atoms with E-state index in [0.29, 0.717) is 5.69 Å². The molecule has 1 heterocycles. The van der Waals surface area contributed by atoms with Gasteiger partial charge in [-0.05, 0) is 68.2 Å². The second kappa shape index (κ2) is 11.8. The largest absolute Gasteiger partial charge is 0.369 e. The van der Waals surface area contributed by atoms with Crippen LogP contribution in [0, 0.1) is 11.7 Å². The Morgan fingerprint density at radius 2 is 1.79 bits per heavy atom. The standard InChI is InChI=1S/C24H28ClFN4O3/c25-21-15-18(26)3-6-20(21)24(33)28-11-7-22(31)29-19-4-1-16(2-5-19)8-12-30-13-9-17(10-14-30)23(27)32/h1-6,15,17H,7-14H2,(H2,27,32)(H,28,33)(H,29,31). The maximum Gasteiger partial charge on any atom is 0.252 e. The number of likely N-dealkylation sites (tertiary alicyclic amines) is 1. The lowest BCUT2D eigenvalue weighted by Gasteiger charge is -2.30. The molecule has 1 aliphatic rings. The minimum atomic E-state index is -0.521. The molecule has 33 heavy (non-hydrogen) atoms. The molecule has 1 saturated heterocycles. The number of rotatable bonds is 9. The molecule has 0 bridgehead atoms. The molecule has 0 saturated carbocycles. The third-order valence-corrected chi connectivity index (χ3v) is 6.07. The number of halogens is 2. The van der Waals surface area contributed by atoms with Crippen LogP contribution in [-0.4, -0.2) is 48.8 Å². The van der Waals surface area contributed by atoms with Gasteiger partial charge >= 0.3 is 0 Å². The number of hydrogen-bond acceptors (Lipinski definition) is 4. The Morgan fingerprint density at radius 1 is 1.09 bits per heavy atom. The molecule has 0 aliphatic carbocycles. The smallest absolute Gasteiger partial charge is 0.252 e. The number of nitrogens with zero attached hydrogens (tertiary/aromatic N) is 1. The van der Waals surface area contributed by atoms with Crippen molar-refractivity contribution in [2.45, 2.75) is 25.7 Å². The van der Waals surface area contributed by atoms with Crippen LogP contribution in [0.4, 0.5) is 10.1 Å². The third kappa shape index (κ3) is 7.54. The monoisotopic (exact) mass is 474 g/mol. The van der Waals surface area contributed by atoms with Crippen molar-refractivity contribution >= 4 is 35.0 Å². The maximum absolute atomic E-state index is 13.1. The summed E-state index contributed by atoms with van der Waals surface area (Å²) in [5.41, 5.74) is 7.38. The molecular formula is C24H28ClFN4O3. The highest BCUT2D eigenvalue weighted by molar-refractivity contribution is 6.33. The van der Waals surface area contributed by atoms with Gasteiger partial charge in [-0.2, -0.15) is 0 Å².